The van der Waals surface area contributed by atoms with Gasteiger partial charge in [-0.25, -0.2) is 14.4 Å². The van der Waals surface area contributed by atoms with Crippen LogP contribution < -0.4 is 10.2 Å². The number of piperidine rings is 1. The van der Waals surface area contributed by atoms with Gasteiger partial charge in [0.25, 0.3) is 5.91 Å². The fourth-order valence-corrected chi connectivity index (χ4v) is 3.53. The second-order valence-corrected chi connectivity index (χ2v) is 7.10. The van der Waals surface area contributed by atoms with Crippen LogP contribution in [0.3, 0.4) is 0 Å². The maximum atomic E-state index is 13.9. The first-order chi connectivity index (χ1) is 14.1. The molecule has 0 aliphatic carbocycles. The Kier molecular flexibility index (Phi) is 5.55. The van der Waals surface area contributed by atoms with Gasteiger partial charge >= 0.3 is 0 Å². The highest BCUT2D eigenvalue weighted by Gasteiger charge is 2.23. The Bertz CT molecular complexity index is 996. The SMILES string of the molecule is CCc1cc(N2CCC(NC(=O)c3ccc(-c4ccccc4F)o3)CC2)ncn1. The van der Waals surface area contributed by atoms with Crippen LogP contribution in [0.4, 0.5) is 10.2 Å². The van der Waals surface area contributed by atoms with Gasteiger partial charge in [-0.05, 0) is 43.5 Å². The van der Waals surface area contributed by atoms with Crippen LogP contribution in [0.2, 0.25) is 0 Å². The molecule has 3 heterocycles. The molecule has 6 nitrogen and oxygen atoms in total. The topological polar surface area (TPSA) is 71.3 Å². The van der Waals surface area contributed by atoms with Crippen LogP contribution in [-0.4, -0.2) is 35.0 Å². The molecule has 1 amide bonds. The van der Waals surface area contributed by atoms with Gasteiger partial charge in [0.1, 0.15) is 23.7 Å². The van der Waals surface area contributed by atoms with E-state index < -0.39 is 0 Å². The van der Waals surface area contributed by atoms with Crippen molar-refractivity contribution in [3.8, 4) is 11.3 Å². The number of carbonyl (C=O) groups excluding carboxylic acids is 1. The fourth-order valence-electron chi connectivity index (χ4n) is 3.53. The van der Waals surface area contributed by atoms with Gasteiger partial charge in [0, 0.05) is 30.9 Å². The predicted octanol–water partition coefficient (Wildman–Crippen LogP) is 3.84. The molecular weight excluding hydrogens is 371 g/mol. The third-order valence-corrected chi connectivity index (χ3v) is 5.19. The first-order valence-corrected chi connectivity index (χ1v) is 9.85. The summed E-state index contributed by atoms with van der Waals surface area (Å²) in [5.74, 6) is 0.813. The van der Waals surface area contributed by atoms with E-state index in [2.05, 4.69) is 27.1 Å². The van der Waals surface area contributed by atoms with E-state index in [9.17, 15) is 9.18 Å². The van der Waals surface area contributed by atoms with E-state index in [0.29, 0.717) is 11.3 Å². The molecule has 0 bridgehead atoms. The number of rotatable bonds is 5. The molecule has 1 N–H and O–H groups in total. The molecule has 0 spiro atoms. The summed E-state index contributed by atoms with van der Waals surface area (Å²) < 4.78 is 19.5. The molecule has 0 atom stereocenters. The number of halogens is 1. The van der Waals surface area contributed by atoms with Crippen molar-refractivity contribution in [3.63, 3.8) is 0 Å². The van der Waals surface area contributed by atoms with E-state index in [-0.39, 0.29) is 23.5 Å². The van der Waals surface area contributed by atoms with E-state index in [1.54, 1.807) is 36.7 Å². The summed E-state index contributed by atoms with van der Waals surface area (Å²) in [5.41, 5.74) is 1.37. The van der Waals surface area contributed by atoms with Crippen molar-refractivity contribution in [1.82, 2.24) is 15.3 Å². The van der Waals surface area contributed by atoms with Crippen molar-refractivity contribution in [2.45, 2.75) is 32.2 Å². The lowest BCUT2D eigenvalue weighted by Crippen LogP contribution is -2.44. The molecule has 1 aromatic carbocycles. The maximum absolute atomic E-state index is 13.9. The third-order valence-electron chi connectivity index (χ3n) is 5.19. The molecule has 1 aliphatic rings. The van der Waals surface area contributed by atoms with E-state index in [1.165, 1.54) is 6.07 Å². The van der Waals surface area contributed by atoms with Gasteiger partial charge in [0.15, 0.2) is 5.76 Å². The summed E-state index contributed by atoms with van der Waals surface area (Å²) in [5, 5.41) is 3.02. The van der Waals surface area contributed by atoms with Crippen LogP contribution in [0.25, 0.3) is 11.3 Å². The number of furan rings is 1. The summed E-state index contributed by atoms with van der Waals surface area (Å²) in [4.78, 5) is 23.4. The number of aryl methyl sites for hydroxylation is 1. The summed E-state index contributed by atoms with van der Waals surface area (Å²) >= 11 is 0. The molecule has 7 heteroatoms. The minimum atomic E-state index is -0.378. The number of amides is 1. The van der Waals surface area contributed by atoms with Crippen molar-refractivity contribution < 1.29 is 13.6 Å². The van der Waals surface area contributed by atoms with Crippen molar-refractivity contribution >= 4 is 11.7 Å². The van der Waals surface area contributed by atoms with Gasteiger partial charge in [0.2, 0.25) is 0 Å². The number of nitrogens with one attached hydrogen (secondary N) is 1. The van der Waals surface area contributed by atoms with E-state index >= 15 is 0 Å². The van der Waals surface area contributed by atoms with Gasteiger partial charge in [-0.3, -0.25) is 4.79 Å². The van der Waals surface area contributed by atoms with Crippen LogP contribution in [0.1, 0.15) is 36.0 Å². The maximum Gasteiger partial charge on any atom is 0.287 e. The molecular formula is C22H23FN4O2. The molecule has 1 fully saturated rings. The highest BCUT2D eigenvalue weighted by Crippen LogP contribution is 2.25. The zero-order chi connectivity index (χ0) is 20.2. The molecule has 29 heavy (non-hydrogen) atoms. The molecule has 1 saturated heterocycles. The number of aromatic nitrogens is 2. The highest BCUT2D eigenvalue weighted by molar-refractivity contribution is 5.92. The average Bonchev–Trinajstić information content (AvgIpc) is 3.25. The van der Waals surface area contributed by atoms with E-state index in [4.69, 9.17) is 4.42 Å². The Balaban J connectivity index is 1.35. The normalized spacial score (nSPS) is 14.8. The fraction of sp³-hybridized carbons (Fsp3) is 0.318. The molecule has 0 unspecified atom stereocenters. The van der Waals surface area contributed by atoms with Crippen molar-refractivity contribution in [1.29, 1.82) is 0 Å². The number of hydrogen-bond acceptors (Lipinski definition) is 5. The monoisotopic (exact) mass is 394 g/mol. The average molecular weight is 394 g/mol. The quantitative estimate of drug-likeness (QED) is 0.712. The second-order valence-electron chi connectivity index (χ2n) is 7.10. The van der Waals surface area contributed by atoms with Crippen LogP contribution in [0.5, 0.6) is 0 Å². The Morgan fingerprint density at radius 3 is 2.76 bits per heavy atom. The number of anilines is 1. The summed E-state index contributed by atoms with van der Waals surface area (Å²) in [7, 11) is 0. The molecule has 1 aliphatic heterocycles. The number of benzene rings is 1. The molecule has 4 rings (SSSR count). The Hall–Kier alpha value is -3.22. The third kappa shape index (κ3) is 4.29. The first kappa shape index (κ1) is 19.1. The Morgan fingerprint density at radius 1 is 1.21 bits per heavy atom. The lowest BCUT2D eigenvalue weighted by atomic mass is 10.0. The summed E-state index contributed by atoms with van der Waals surface area (Å²) in [6.45, 7) is 3.69. The van der Waals surface area contributed by atoms with Crippen LogP contribution in [0, 0.1) is 5.82 Å². The predicted molar refractivity (Wildman–Crippen MR) is 108 cm³/mol. The first-order valence-electron chi connectivity index (χ1n) is 9.85. The minimum absolute atomic E-state index is 0.0632. The Morgan fingerprint density at radius 2 is 2.00 bits per heavy atom. The van der Waals surface area contributed by atoms with Crippen molar-refractivity contribution in [3.05, 3.63) is 66.1 Å². The van der Waals surface area contributed by atoms with Crippen molar-refractivity contribution in [2.24, 2.45) is 0 Å². The molecule has 150 valence electrons. The van der Waals surface area contributed by atoms with Gasteiger partial charge in [-0.15, -0.1) is 0 Å². The van der Waals surface area contributed by atoms with Gasteiger partial charge in [0.05, 0.1) is 5.56 Å². The largest absolute Gasteiger partial charge is 0.451 e. The number of nitrogens with zero attached hydrogens (tertiary/aromatic N) is 3. The summed E-state index contributed by atoms with van der Waals surface area (Å²) in [6, 6.07) is 11.6. The zero-order valence-electron chi connectivity index (χ0n) is 16.3. The van der Waals surface area contributed by atoms with Gasteiger partial charge in [-0.1, -0.05) is 19.1 Å². The molecule has 0 radical (unpaired) electrons. The second kappa shape index (κ2) is 8.43. The highest BCUT2D eigenvalue weighted by atomic mass is 19.1. The zero-order valence-corrected chi connectivity index (χ0v) is 16.3. The summed E-state index contributed by atoms with van der Waals surface area (Å²) in [6.07, 6.45) is 4.11. The van der Waals surface area contributed by atoms with Gasteiger partial charge in [-0.2, -0.15) is 0 Å². The van der Waals surface area contributed by atoms with E-state index in [1.807, 2.05) is 6.07 Å². The lowest BCUT2D eigenvalue weighted by molar-refractivity contribution is 0.0903. The van der Waals surface area contributed by atoms with Crippen LogP contribution in [-0.2, 0) is 6.42 Å². The van der Waals surface area contributed by atoms with Crippen LogP contribution in [0.15, 0.2) is 53.2 Å². The lowest BCUT2D eigenvalue weighted by Gasteiger charge is -2.33. The molecule has 3 aromatic rings. The number of hydrogen-bond donors (Lipinski definition) is 1. The minimum Gasteiger partial charge on any atom is -0.451 e. The number of carbonyl (C=O) groups is 1. The van der Waals surface area contributed by atoms with Gasteiger partial charge < -0.3 is 14.6 Å². The Labute approximate surface area is 168 Å². The standard InChI is InChI=1S/C22H23FN4O2/c1-2-15-13-21(25-14-24-15)27-11-9-16(10-12-27)26-22(28)20-8-7-19(29-20)17-5-3-4-6-18(17)23/h3-8,13-14,16H,2,9-12H2,1H3,(H,26,28). The van der Waals surface area contributed by atoms with E-state index in [0.717, 1.165) is 43.9 Å². The molecule has 2 aromatic heterocycles. The van der Waals surface area contributed by atoms with Crippen molar-refractivity contribution in [2.75, 3.05) is 18.0 Å². The smallest absolute Gasteiger partial charge is 0.287 e. The molecule has 0 saturated carbocycles. The van der Waals surface area contributed by atoms with Crippen LogP contribution >= 0.6 is 0 Å².